The Morgan fingerprint density at radius 3 is 2.14 bits per heavy atom. The number of pyridine rings is 1. The molecule has 0 saturated heterocycles. The van der Waals surface area contributed by atoms with E-state index in [2.05, 4.69) is 84.9 Å². The maximum absolute atomic E-state index is 8.28. The summed E-state index contributed by atoms with van der Waals surface area (Å²) < 4.78 is 54.5. The standard InChI is InChI=1S/C45H31N4.Pt/c1-30-24-25-46-44(26-30)49-40-19-8-5-16-36(40)37-23-22-32(28-43(37)49)45(38-17-6-3-14-34(38)35-15-4-7-18-39(35)45)31-12-11-13-33(27-31)48-29-47(2)41-20-9-10-21-42(41)48;/h3-26,29H,1-2H3;/q-1;/i1D3,2D3;. The van der Waals surface area contributed by atoms with Crippen molar-refractivity contribution in [1.82, 2.24) is 18.7 Å². The van der Waals surface area contributed by atoms with E-state index in [1.807, 2.05) is 63.7 Å². The Labute approximate surface area is 313 Å². The van der Waals surface area contributed by atoms with Gasteiger partial charge in [0.2, 0.25) is 0 Å². The smallest absolute Gasteiger partial charge is 0.188 e. The second-order valence-corrected chi connectivity index (χ2v) is 12.5. The summed E-state index contributed by atoms with van der Waals surface area (Å²) >= 11 is 0. The van der Waals surface area contributed by atoms with Crippen LogP contribution in [0.5, 0.6) is 0 Å². The van der Waals surface area contributed by atoms with Gasteiger partial charge in [-0.15, -0.1) is 22.6 Å². The summed E-state index contributed by atoms with van der Waals surface area (Å²) in [6, 6.07) is 53.6. The van der Waals surface area contributed by atoms with Crippen LogP contribution in [0, 0.1) is 19.0 Å². The van der Waals surface area contributed by atoms with Crippen LogP contribution in [0.15, 0.2) is 152 Å². The Hall–Kier alpha value is -5.57. The van der Waals surface area contributed by atoms with Crippen molar-refractivity contribution in [3.05, 3.63) is 192 Å². The molecule has 0 atom stereocenters. The van der Waals surface area contributed by atoms with E-state index in [0.717, 1.165) is 60.7 Å². The number of aromatic nitrogens is 4. The van der Waals surface area contributed by atoms with Gasteiger partial charge in [-0.2, -0.15) is 30.3 Å². The number of nitrogens with zero attached hydrogens (tertiary/aromatic N) is 4. The summed E-state index contributed by atoms with van der Waals surface area (Å²) in [4.78, 5) is 4.70. The molecule has 0 saturated carbocycles. The molecule has 9 aromatic rings. The number of benzene rings is 6. The molecule has 1 aliphatic carbocycles. The van der Waals surface area contributed by atoms with E-state index < -0.39 is 19.2 Å². The Morgan fingerprint density at radius 1 is 0.660 bits per heavy atom. The summed E-state index contributed by atoms with van der Waals surface area (Å²) in [7, 11) is 0. The molecule has 6 aromatic carbocycles. The normalized spacial score (nSPS) is 15.3. The van der Waals surface area contributed by atoms with Crippen LogP contribution in [0.1, 0.15) is 36.0 Å². The topological polar surface area (TPSA) is 27.7 Å². The van der Waals surface area contributed by atoms with Gasteiger partial charge in [-0.3, -0.25) is 0 Å². The van der Waals surface area contributed by atoms with E-state index in [1.165, 1.54) is 10.6 Å². The van der Waals surface area contributed by atoms with Crippen LogP contribution in [0.4, 0.5) is 0 Å². The number of para-hydroxylation sites is 3. The third kappa shape index (κ3) is 4.22. The second kappa shape index (κ2) is 11.5. The van der Waals surface area contributed by atoms with E-state index >= 15 is 0 Å². The SMILES string of the molecule is [2H]C([2H])([2H])c1ccnc(-n2c3[c-]c(C4(c5[c-]c(-n6[cH+]n(C([2H])([2H])[2H])c7ccccc76)ccc5)c5ccccc5-c5ccccc54)ccc3c3ccccc32)c1.[Pt]. The van der Waals surface area contributed by atoms with Crippen molar-refractivity contribution >= 4 is 32.8 Å². The minimum atomic E-state index is -2.38. The number of hydrogen-bond donors (Lipinski definition) is 0. The van der Waals surface area contributed by atoms with Gasteiger partial charge in [-0.25, -0.2) is 14.1 Å². The zero-order chi connectivity index (χ0) is 37.7. The van der Waals surface area contributed by atoms with Crippen LogP contribution in [0.3, 0.4) is 0 Å². The molecule has 0 spiro atoms. The Morgan fingerprint density at radius 2 is 1.36 bits per heavy atom. The van der Waals surface area contributed by atoms with Gasteiger partial charge >= 0.3 is 0 Å². The zero-order valence-corrected chi connectivity index (χ0v) is 28.8. The fourth-order valence-electron chi connectivity index (χ4n) is 7.97. The Balaban J connectivity index is 0.00000410. The molecule has 50 heavy (non-hydrogen) atoms. The predicted octanol–water partition coefficient (Wildman–Crippen LogP) is 10.0. The second-order valence-electron chi connectivity index (χ2n) is 12.5. The first-order valence-corrected chi connectivity index (χ1v) is 16.2. The molecule has 0 N–H and O–H groups in total. The molecule has 3 aromatic heterocycles. The first-order valence-electron chi connectivity index (χ1n) is 19.2. The van der Waals surface area contributed by atoms with Crippen molar-refractivity contribution in [1.29, 1.82) is 0 Å². The van der Waals surface area contributed by atoms with Crippen molar-refractivity contribution in [3.8, 4) is 22.6 Å². The summed E-state index contributed by atoms with van der Waals surface area (Å²) in [5.41, 5.74) is 9.08. The molecule has 1 aliphatic rings. The maximum Gasteiger partial charge on any atom is 0.188 e. The van der Waals surface area contributed by atoms with Gasteiger partial charge in [0.15, 0.2) is 17.4 Å². The molecule has 0 bridgehead atoms. The van der Waals surface area contributed by atoms with Crippen LogP contribution < -0.4 is 0 Å². The molecule has 0 radical (unpaired) electrons. The minimum Gasteiger partial charge on any atom is -0.319 e. The fourth-order valence-corrected chi connectivity index (χ4v) is 7.97. The van der Waals surface area contributed by atoms with E-state index in [0.29, 0.717) is 17.0 Å². The third-order valence-corrected chi connectivity index (χ3v) is 9.99. The maximum atomic E-state index is 8.28. The number of imidazole rings is 1. The largest absolute Gasteiger partial charge is 0.319 e. The first kappa shape index (κ1) is 24.5. The van der Waals surface area contributed by atoms with Crippen LogP contribution in [-0.4, -0.2) is 18.7 Å². The van der Waals surface area contributed by atoms with Crippen molar-refractivity contribution in [3.63, 3.8) is 0 Å². The Kier molecular flexibility index (Phi) is 5.65. The average Bonchev–Trinajstić information content (AvgIpc) is 3.85. The quantitative estimate of drug-likeness (QED) is 0.163. The van der Waals surface area contributed by atoms with Crippen LogP contribution in [0.2, 0.25) is 0 Å². The zero-order valence-electron chi connectivity index (χ0n) is 32.5. The summed E-state index contributed by atoms with van der Waals surface area (Å²) in [5, 5.41) is 1.96. The van der Waals surface area contributed by atoms with Crippen LogP contribution in [0.25, 0.3) is 55.5 Å². The molecule has 0 fully saturated rings. The molecule has 0 aliphatic heterocycles. The van der Waals surface area contributed by atoms with Gasteiger partial charge in [0.05, 0.1) is 0 Å². The van der Waals surface area contributed by atoms with Gasteiger partial charge in [0, 0.05) is 71.2 Å². The summed E-state index contributed by atoms with van der Waals surface area (Å²) in [6.45, 7) is -4.69. The molecule has 0 unspecified atom stereocenters. The molecule has 4 nitrogen and oxygen atoms in total. The fraction of sp³-hybridized carbons (Fsp3) is 0.0667. The van der Waals surface area contributed by atoms with Gasteiger partial charge in [0.25, 0.3) is 0 Å². The van der Waals surface area contributed by atoms with Crippen LogP contribution in [-0.2, 0) is 33.5 Å². The monoisotopic (exact) mass is 828 g/mol. The van der Waals surface area contributed by atoms with Gasteiger partial charge in [-0.05, 0) is 70.4 Å². The summed E-state index contributed by atoms with van der Waals surface area (Å²) in [6.07, 6.45) is 3.18. The van der Waals surface area contributed by atoms with Crippen molar-refractivity contribution in [2.75, 3.05) is 0 Å². The molecular weight excluding hydrogens is 792 g/mol. The average molecular weight is 829 g/mol. The van der Waals surface area contributed by atoms with E-state index in [-0.39, 0.29) is 26.6 Å². The van der Waals surface area contributed by atoms with Gasteiger partial charge in [-0.1, -0.05) is 78.3 Å². The minimum absolute atomic E-state index is 0. The number of hydrogen-bond acceptors (Lipinski definition) is 1. The molecule has 5 heteroatoms. The number of aryl methyl sites for hydroxylation is 2. The van der Waals surface area contributed by atoms with Crippen molar-refractivity contribution in [2.45, 2.75) is 12.3 Å². The Bertz CT molecular complexity index is 2950. The van der Waals surface area contributed by atoms with E-state index in [1.54, 1.807) is 18.6 Å². The predicted molar refractivity (Wildman–Crippen MR) is 198 cm³/mol. The van der Waals surface area contributed by atoms with E-state index in [4.69, 9.17) is 13.2 Å². The first-order chi connectivity index (χ1) is 26.5. The molecule has 242 valence electrons. The van der Waals surface area contributed by atoms with Crippen LogP contribution >= 0.6 is 0 Å². The van der Waals surface area contributed by atoms with Crippen molar-refractivity contribution in [2.24, 2.45) is 6.98 Å². The number of fused-ring (bicyclic) bond motifs is 7. The third-order valence-electron chi connectivity index (χ3n) is 9.99. The van der Waals surface area contributed by atoms with Gasteiger partial charge in [0.1, 0.15) is 5.82 Å². The van der Waals surface area contributed by atoms with Gasteiger partial charge < -0.3 is 4.57 Å². The molecular formula is C45H31N4Pt-. The molecule has 10 rings (SSSR count). The van der Waals surface area contributed by atoms with E-state index in [9.17, 15) is 0 Å². The summed E-state index contributed by atoms with van der Waals surface area (Å²) in [5.74, 6) is 0.491. The molecule has 3 heterocycles. The number of rotatable bonds is 4. The molecule has 0 amide bonds. The van der Waals surface area contributed by atoms with Crippen molar-refractivity contribution < 1.29 is 29.3 Å².